The molecule has 0 aromatic heterocycles. The van der Waals surface area contributed by atoms with E-state index in [2.05, 4.69) is 0 Å². The van der Waals surface area contributed by atoms with Crippen molar-refractivity contribution in [1.82, 2.24) is 4.90 Å². The van der Waals surface area contributed by atoms with Crippen molar-refractivity contribution in [2.24, 2.45) is 0 Å². The fourth-order valence-corrected chi connectivity index (χ4v) is 1.41. The summed E-state index contributed by atoms with van der Waals surface area (Å²) >= 11 is 0. The molecule has 0 unspecified atom stereocenters. The maximum atomic E-state index is 11.0. The Morgan fingerprint density at radius 3 is 2.58 bits per heavy atom. The molecule has 12 heavy (non-hydrogen) atoms. The number of carbonyl (C=O) groups is 2. The first-order chi connectivity index (χ1) is 5.61. The number of hydrogen-bond donors (Lipinski definition) is 0. The zero-order valence-electron chi connectivity index (χ0n) is 7.37. The van der Waals surface area contributed by atoms with E-state index in [1.165, 1.54) is 13.8 Å². The van der Waals surface area contributed by atoms with Crippen molar-refractivity contribution < 1.29 is 14.3 Å². The highest BCUT2D eigenvalue weighted by atomic mass is 16.6. The standard InChI is InChI=1S/C8H13NO3/c1-6(10)9-5-3-4-8(9)12-7(2)11/h8H,3-5H2,1-2H3/t8-/m1/s1. The smallest absolute Gasteiger partial charge is 0.304 e. The van der Waals surface area contributed by atoms with Crippen LogP contribution in [0.5, 0.6) is 0 Å². The average Bonchev–Trinajstić information content (AvgIpc) is 2.33. The quantitative estimate of drug-likeness (QED) is 0.540. The zero-order chi connectivity index (χ0) is 9.14. The Balaban J connectivity index is 2.52. The number of carbonyl (C=O) groups excluding carboxylic acids is 2. The van der Waals surface area contributed by atoms with Crippen molar-refractivity contribution in [2.45, 2.75) is 32.9 Å². The number of hydrogen-bond acceptors (Lipinski definition) is 3. The van der Waals surface area contributed by atoms with E-state index in [0.717, 1.165) is 12.8 Å². The Bertz CT molecular complexity index is 202. The van der Waals surface area contributed by atoms with Crippen LogP contribution in [0.25, 0.3) is 0 Å². The van der Waals surface area contributed by atoms with Gasteiger partial charge in [0.1, 0.15) is 0 Å². The normalized spacial score (nSPS) is 22.5. The minimum absolute atomic E-state index is 0.0289. The van der Waals surface area contributed by atoms with Crippen molar-refractivity contribution in [2.75, 3.05) is 6.54 Å². The molecule has 0 aliphatic carbocycles. The second-order valence-electron chi connectivity index (χ2n) is 2.92. The average molecular weight is 171 g/mol. The van der Waals surface area contributed by atoms with E-state index < -0.39 is 0 Å². The van der Waals surface area contributed by atoms with Crippen molar-refractivity contribution in [1.29, 1.82) is 0 Å². The Morgan fingerprint density at radius 1 is 1.42 bits per heavy atom. The number of amides is 1. The van der Waals surface area contributed by atoms with E-state index in [1.54, 1.807) is 4.90 Å². The Kier molecular flexibility index (Phi) is 2.68. The predicted molar refractivity (Wildman–Crippen MR) is 42.2 cm³/mol. The first kappa shape index (κ1) is 9.03. The molecule has 1 atom stereocenters. The van der Waals surface area contributed by atoms with Gasteiger partial charge in [-0.05, 0) is 6.42 Å². The first-order valence-electron chi connectivity index (χ1n) is 4.05. The van der Waals surface area contributed by atoms with Crippen molar-refractivity contribution in [3.63, 3.8) is 0 Å². The third kappa shape index (κ3) is 1.96. The summed E-state index contributed by atoms with van der Waals surface area (Å²) in [6, 6.07) is 0. The lowest BCUT2D eigenvalue weighted by Crippen LogP contribution is -2.36. The zero-order valence-corrected chi connectivity index (χ0v) is 7.37. The van der Waals surface area contributed by atoms with Gasteiger partial charge in [0.15, 0.2) is 6.23 Å². The minimum Gasteiger partial charge on any atom is -0.442 e. The van der Waals surface area contributed by atoms with Crippen LogP contribution in [0.1, 0.15) is 26.7 Å². The van der Waals surface area contributed by atoms with Crippen LogP contribution in [0.4, 0.5) is 0 Å². The molecule has 1 aliphatic heterocycles. The lowest BCUT2D eigenvalue weighted by atomic mass is 10.4. The second-order valence-corrected chi connectivity index (χ2v) is 2.92. The van der Waals surface area contributed by atoms with Crippen molar-refractivity contribution in [3.05, 3.63) is 0 Å². The molecule has 1 heterocycles. The van der Waals surface area contributed by atoms with Gasteiger partial charge in [-0.2, -0.15) is 0 Å². The number of rotatable bonds is 1. The summed E-state index contributed by atoms with van der Waals surface area (Å²) in [6.45, 7) is 3.55. The molecule has 0 aromatic rings. The first-order valence-corrected chi connectivity index (χ1v) is 4.05. The fraction of sp³-hybridized carbons (Fsp3) is 0.750. The molecule has 1 saturated heterocycles. The summed E-state index contributed by atoms with van der Waals surface area (Å²) in [5.74, 6) is -0.355. The SMILES string of the molecule is CC(=O)O[C@@H]1CCCN1C(C)=O. The van der Waals surface area contributed by atoms with E-state index in [1.807, 2.05) is 0 Å². The van der Waals surface area contributed by atoms with Gasteiger partial charge in [0.2, 0.25) is 5.91 Å². The van der Waals surface area contributed by atoms with Crippen LogP contribution in [0.2, 0.25) is 0 Å². The fourth-order valence-electron chi connectivity index (χ4n) is 1.41. The van der Waals surface area contributed by atoms with Crippen molar-refractivity contribution in [3.8, 4) is 0 Å². The molecule has 0 bridgehead atoms. The van der Waals surface area contributed by atoms with Crippen LogP contribution in [-0.2, 0) is 14.3 Å². The van der Waals surface area contributed by atoms with Gasteiger partial charge in [-0.3, -0.25) is 9.59 Å². The summed E-state index contributed by atoms with van der Waals surface area (Å²) in [5, 5.41) is 0. The minimum atomic E-state index is -0.326. The lowest BCUT2D eigenvalue weighted by molar-refractivity contribution is -0.158. The van der Waals surface area contributed by atoms with Gasteiger partial charge >= 0.3 is 5.97 Å². The molecule has 1 aliphatic rings. The molecule has 1 rings (SSSR count). The molecule has 1 amide bonds. The maximum Gasteiger partial charge on any atom is 0.304 e. The van der Waals surface area contributed by atoms with Gasteiger partial charge < -0.3 is 9.64 Å². The molecule has 4 nitrogen and oxygen atoms in total. The Morgan fingerprint density at radius 2 is 2.08 bits per heavy atom. The highest BCUT2D eigenvalue weighted by molar-refractivity contribution is 5.74. The second kappa shape index (κ2) is 3.56. The third-order valence-electron chi connectivity index (χ3n) is 1.90. The summed E-state index contributed by atoms with van der Waals surface area (Å²) in [7, 11) is 0. The van der Waals surface area contributed by atoms with E-state index >= 15 is 0 Å². The Hall–Kier alpha value is -1.06. The van der Waals surface area contributed by atoms with E-state index in [0.29, 0.717) is 6.54 Å². The molecule has 0 N–H and O–H groups in total. The molecule has 0 saturated carbocycles. The van der Waals surface area contributed by atoms with Crippen LogP contribution in [-0.4, -0.2) is 29.5 Å². The van der Waals surface area contributed by atoms with Gasteiger partial charge in [-0.15, -0.1) is 0 Å². The molecule has 68 valence electrons. The van der Waals surface area contributed by atoms with Gasteiger partial charge in [0, 0.05) is 26.8 Å². The van der Waals surface area contributed by atoms with Gasteiger partial charge in [-0.1, -0.05) is 0 Å². The number of nitrogens with zero attached hydrogens (tertiary/aromatic N) is 1. The molecular weight excluding hydrogens is 158 g/mol. The van der Waals surface area contributed by atoms with Crippen LogP contribution >= 0.6 is 0 Å². The highest BCUT2D eigenvalue weighted by Crippen LogP contribution is 2.17. The molecule has 0 aromatic carbocycles. The molecule has 0 radical (unpaired) electrons. The predicted octanol–water partition coefficient (Wildman–Crippen LogP) is 0.518. The van der Waals surface area contributed by atoms with Crippen molar-refractivity contribution >= 4 is 11.9 Å². The number of ether oxygens (including phenoxy) is 1. The molecular formula is C8H13NO3. The molecule has 0 spiro atoms. The van der Waals surface area contributed by atoms with E-state index in [9.17, 15) is 9.59 Å². The summed E-state index contributed by atoms with van der Waals surface area (Å²) in [6.07, 6.45) is 1.36. The highest BCUT2D eigenvalue weighted by Gasteiger charge is 2.28. The summed E-state index contributed by atoms with van der Waals surface area (Å²) in [4.78, 5) is 23.2. The Labute approximate surface area is 71.5 Å². The third-order valence-corrected chi connectivity index (χ3v) is 1.90. The van der Waals surface area contributed by atoms with Gasteiger partial charge in [-0.25, -0.2) is 0 Å². The maximum absolute atomic E-state index is 11.0. The van der Waals surface area contributed by atoms with E-state index in [-0.39, 0.29) is 18.1 Å². The summed E-state index contributed by atoms with van der Waals surface area (Å²) < 4.78 is 4.95. The van der Waals surface area contributed by atoms with Crippen LogP contribution < -0.4 is 0 Å². The monoisotopic (exact) mass is 171 g/mol. The van der Waals surface area contributed by atoms with Crippen LogP contribution in [0, 0.1) is 0 Å². The van der Waals surface area contributed by atoms with Gasteiger partial charge in [0.05, 0.1) is 0 Å². The largest absolute Gasteiger partial charge is 0.442 e. The topological polar surface area (TPSA) is 46.6 Å². The molecule has 1 fully saturated rings. The van der Waals surface area contributed by atoms with Crippen LogP contribution in [0.3, 0.4) is 0 Å². The number of likely N-dealkylation sites (tertiary alicyclic amines) is 1. The van der Waals surface area contributed by atoms with Gasteiger partial charge in [0.25, 0.3) is 0 Å². The number of esters is 1. The molecule has 4 heteroatoms. The van der Waals surface area contributed by atoms with Crippen LogP contribution in [0.15, 0.2) is 0 Å². The van der Waals surface area contributed by atoms with E-state index in [4.69, 9.17) is 4.74 Å². The lowest BCUT2D eigenvalue weighted by Gasteiger charge is -2.22. The summed E-state index contributed by atoms with van der Waals surface area (Å²) in [5.41, 5.74) is 0.